The van der Waals surface area contributed by atoms with Crippen LogP contribution in [-0.4, -0.2) is 17.4 Å². The van der Waals surface area contributed by atoms with Crippen LogP contribution < -0.4 is 5.32 Å². The molecule has 0 saturated heterocycles. The van der Waals surface area contributed by atoms with Crippen LogP contribution in [0.25, 0.3) is 0 Å². The van der Waals surface area contributed by atoms with Crippen molar-refractivity contribution in [3.63, 3.8) is 0 Å². The van der Waals surface area contributed by atoms with E-state index in [0.29, 0.717) is 12.1 Å². The van der Waals surface area contributed by atoms with E-state index in [2.05, 4.69) is 16.4 Å². The molecule has 0 unspecified atom stereocenters. The first-order valence-corrected chi connectivity index (χ1v) is 6.97. The molecule has 0 radical (unpaired) electrons. The van der Waals surface area contributed by atoms with E-state index in [9.17, 15) is 4.79 Å². The SMILES string of the molecule is Cc1cccc(CCNC(=O)c2cc(Cl)nc(Cl)c2)c1. The normalized spacial score (nSPS) is 10.3. The third kappa shape index (κ3) is 4.22. The highest BCUT2D eigenvalue weighted by molar-refractivity contribution is 6.33. The van der Waals surface area contributed by atoms with E-state index in [1.165, 1.54) is 23.3 Å². The Morgan fingerprint density at radius 3 is 2.55 bits per heavy atom. The molecule has 0 aliphatic rings. The molecule has 0 atom stereocenters. The Labute approximate surface area is 127 Å². The number of aryl methyl sites for hydroxylation is 1. The van der Waals surface area contributed by atoms with Gasteiger partial charge >= 0.3 is 0 Å². The van der Waals surface area contributed by atoms with Crippen LogP contribution in [0.2, 0.25) is 10.3 Å². The zero-order valence-electron chi connectivity index (χ0n) is 11.0. The second-order valence-electron chi connectivity index (χ2n) is 4.50. The molecule has 20 heavy (non-hydrogen) atoms. The van der Waals surface area contributed by atoms with E-state index in [1.54, 1.807) is 0 Å². The molecular weight excluding hydrogens is 295 g/mol. The quantitative estimate of drug-likeness (QED) is 0.876. The highest BCUT2D eigenvalue weighted by Gasteiger charge is 2.08. The van der Waals surface area contributed by atoms with Gasteiger partial charge in [-0.3, -0.25) is 4.79 Å². The van der Waals surface area contributed by atoms with Crippen LogP contribution in [0.4, 0.5) is 0 Å². The summed E-state index contributed by atoms with van der Waals surface area (Å²) in [5, 5.41) is 3.26. The van der Waals surface area contributed by atoms with Crippen LogP contribution in [0, 0.1) is 6.92 Å². The van der Waals surface area contributed by atoms with Gasteiger partial charge < -0.3 is 5.32 Å². The van der Waals surface area contributed by atoms with Gasteiger partial charge in [0.25, 0.3) is 5.91 Å². The van der Waals surface area contributed by atoms with Crippen molar-refractivity contribution in [3.8, 4) is 0 Å². The predicted molar refractivity (Wildman–Crippen MR) is 81.5 cm³/mol. The molecule has 0 bridgehead atoms. The number of nitrogens with one attached hydrogen (secondary N) is 1. The maximum atomic E-state index is 12.0. The Morgan fingerprint density at radius 1 is 1.20 bits per heavy atom. The fraction of sp³-hybridized carbons (Fsp3) is 0.200. The molecule has 0 spiro atoms. The number of benzene rings is 1. The Kier molecular flexibility index (Phi) is 4.99. The molecule has 0 saturated carbocycles. The van der Waals surface area contributed by atoms with Gasteiger partial charge in [-0.05, 0) is 31.0 Å². The van der Waals surface area contributed by atoms with E-state index in [-0.39, 0.29) is 16.2 Å². The van der Waals surface area contributed by atoms with Crippen molar-refractivity contribution in [1.82, 2.24) is 10.3 Å². The van der Waals surface area contributed by atoms with Crippen LogP contribution in [0.15, 0.2) is 36.4 Å². The van der Waals surface area contributed by atoms with E-state index in [0.717, 1.165) is 6.42 Å². The molecular formula is C15H14Cl2N2O. The Morgan fingerprint density at radius 2 is 1.90 bits per heavy atom. The average Bonchev–Trinajstić information content (AvgIpc) is 2.37. The van der Waals surface area contributed by atoms with Crippen molar-refractivity contribution in [1.29, 1.82) is 0 Å². The maximum Gasteiger partial charge on any atom is 0.251 e. The topological polar surface area (TPSA) is 42.0 Å². The van der Waals surface area contributed by atoms with Gasteiger partial charge in [-0.1, -0.05) is 53.0 Å². The molecule has 2 rings (SSSR count). The minimum absolute atomic E-state index is 0.205. The van der Waals surface area contributed by atoms with Crippen molar-refractivity contribution in [2.24, 2.45) is 0 Å². The van der Waals surface area contributed by atoms with E-state index >= 15 is 0 Å². The fourth-order valence-corrected chi connectivity index (χ4v) is 2.35. The molecule has 1 amide bonds. The van der Waals surface area contributed by atoms with Gasteiger partial charge in [-0.25, -0.2) is 4.98 Å². The number of nitrogens with zero attached hydrogens (tertiary/aromatic N) is 1. The van der Waals surface area contributed by atoms with Crippen LogP contribution in [0.1, 0.15) is 21.5 Å². The van der Waals surface area contributed by atoms with E-state index < -0.39 is 0 Å². The number of carbonyl (C=O) groups excluding carboxylic acids is 1. The number of hydrogen-bond donors (Lipinski definition) is 1. The number of aromatic nitrogens is 1. The largest absolute Gasteiger partial charge is 0.352 e. The second-order valence-corrected chi connectivity index (χ2v) is 5.27. The number of hydrogen-bond acceptors (Lipinski definition) is 2. The average molecular weight is 309 g/mol. The van der Waals surface area contributed by atoms with Crippen molar-refractivity contribution in [3.05, 3.63) is 63.4 Å². The third-order valence-corrected chi connectivity index (χ3v) is 3.19. The molecule has 1 heterocycles. The zero-order chi connectivity index (χ0) is 14.5. The summed E-state index contributed by atoms with van der Waals surface area (Å²) < 4.78 is 0. The summed E-state index contributed by atoms with van der Waals surface area (Å²) in [5.74, 6) is -0.205. The molecule has 1 aromatic carbocycles. The first-order valence-electron chi connectivity index (χ1n) is 6.21. The van der Waals surface area contributed by atoms with Gasteiger partial charge in [-0.15, -0.1) is 0 Å². The Bertz CT molecular complexity index is 609. The van der Waals surface area contributed by atoms with Crippen LogP contribution in [0.5, 0.6) is 0 Å². The molecule has 0 aliphatic carbocycles. The highest BCUT2D eigenvalue weighted by Crippen LogP contribution is 2.14. The summed E-state index contributed by atoms with van der Waals surface area (Å²) in [6.45, 7) is 2.60. The Hall–Kier alpha value is -1.58. The third-order valence-electron chi connectivity index (χ3n) is 2.81. The molecule has 1 N–H and O–H groups in total. The molecule has 0 aliphatic heterocycles. The number of carbonyl (C=O) groups is 1. The smallest absolute Gasteiger partial charge is 0.251 e. The number of amides is 1. The summed E-state index contributed by atoms with van der Waals surface area (Å²) in [6, 6.07) is 11.2. The van der Waals surface area contributed by atoms with Crippen LogP contribution in [-0.2, 0) is 6.42 Å². The lowest BCUT2D eigenvalue weighted by atomic mass is 10.1. The standard InChI is InChI=1S/C15H14Cl2N2O/c1-10-3-2-4-11(7-10)5-6-18-15(20)12-8-13(16)19-14(17)9-12/h2-4,7-9H,5-6H2,1H3,(H,18,20). The number of halogens is 2. The second kappa shape index (κ2) is 6.73. The van der Waals surface area contributed by atoms with Gasteiger partial charge in [0.1, 0.15) is 10.3 Å². The molecule has 2 aromatic rings. The predicted octanol–water partition coefficient (Wildman–Crippen LogP) is 3.67. The minimum Gasteiger partial charge on any atom is -0.352 e. The van der Waals surface area contributed by atoms with Crippen molar-refractivity contribution in [2.75, 3.05) is 6.54 Å². The molecule has 3 nitrogen and oxygen atoms in total. The van der Waals surface area contributed by atoms with Crippen molar-refractivity contribution < 1.29 is 4.79 Å². The van der Waals surface area contributed by atoms with Crippen LogP contribution >= 0.6 is 23.2 Å². The lowest BCUT2D eigenvalue weighted by Gasteiger charge is -2.06. The number of pyridine rings is 1. The first kappa shape index (κ1) is 14.8. The summed E-state index contributed by atoms with van der Waals surface area (Å²) in [7, 11) is 0. The summed E-state index contributed by atoms with van der Waals surface area (Å²) in [4.78, 5) is 15.8. The zero-order valence-corrected chi connectivity index (χ0v) is 12.5. The molecule has 5 heteroatoms. The van der Waals surface area contributed by atoms with Gasteiger partial charge in [0.15, 0.2) is 0 Å². The maximum absolute atomic E-state index is 12.0. The van der Waals surface area contributed by atoms with Crippen molar-refractivity contribution in [2.45, 2.75) is 13.3 Å². The van der Waals surface area contributed by atoms with E-state index in [1.807, 2.05) is 25.1 Å². The number of rotatable bonds is 4. The summed E-state index contributed by atoms with van der Waals surface area (Å²) in [6.07, 6.45) is 0.778. The summed E-state index contributed by atoms with van der Waals surface area (Å²) in [5.41, 5.74) is 2.82. The van der Waals surface area contributed by atoms with Gasteiger partial charge in [-0.2, -0.15) is 0 Å². The Balaban J connectivity index is 1.92. The summed E-state index contributed by atoms with van der Waals surface area (Å²) >= 11 is 11.5. The first-order chi connectivity index (χ1) is 9.54. The molecule has 104 valence electrons. The van der Waals surface area contributed by atoms with Crippen LogP contribution in [0.3, 0.4) is 0 Å². The minimum atomic E-state index is -0.205. The fourth-order valence-electron chi connectivity index (χ4n) is 1.89. The van der Waals surface area contributed by atoms with Gasteiger partial charge in [0, 0.05) is 12.1 Å². The van der Waals surface area contributed by atoms with Gasteiger partial charge in [0.05, 0.1) is 0 Å². The monoisotopic (exact) mass is 308 g/mol. The van der Waals surface area contributed by atoms with E-state index in [4.69, 9.17) is 23.2 Å². The molecule has 0 fully saturated rings. The molecule has 1 aromatic heterocycles. The highest BCUT2D eigenvalue weighted by atomic mass is 35.5. The van der Waals surface area contributed by atoms with Crippen molar-refractivity contribution >= 4 is 29.1 Å². The lowest BCUT2D eigenvalue weighted by Crippen LogP contribution is -2.25. The lowest BCUT2D eigenvalue weighted by molar-refractivity contribution is 0.0954. The van der Waals surface area contributed by atoms with Gasteiger partial charge in [0.2, 0.25) is 0 Å².